The number of carbonyl (C=O) groups excluding carboxylic acids is 1. The Morgan fingerprint density at radius 1 is 1.09 bits per heavy atom. The van der Waals surface area contributed by atoms with E-state index < -0.39 is 0 Å². The maximum absolute atomic E-state index is 12.4. The summed E-state index contributed by atoms with van der Waals surface area (Å²) in [5.74, 6) is 1.93. The molecule has 0 spiro atoms. The summed E-state index contributed by atoms with van der Waals surface area (Å²) < 4.78 is 0. The molecule has 5 nitrogen and oxygen atoms in total. The van der Waals surface area contributed by atoms with Gasteiger partial charge >= 0.3 is 0 Å². The molecule has 1 saturated heterocycles. The first-order valence-electron chi connectivity index (χ1n) is 8.97. The first kappa shape index (κ1) is 16.2. The fraction of sp³-hybridized carbons (Fsp3) is 0.722. The van der Waals surface area contributed by atoms with Crippen molar-refractivity contribution in [1.82, 2.24) is 14.9 Å². The maximum atomic E-state index is 12.4. The number of aromatic nitrogens is 2. The van der Waals surface area contributed by atoms with E-state index in [2.05, 4.69) is 14.9 Å². The Morgan fingerprint density at radius 2 is 1.70 bits per heavy atom. The second kappa shape index (κ2) is 7.28. The Morgan fingerprint density at radius 3 is 2.30 bits per heavy atom. The minimum absolute atomic E-state index is 0.331. The second-order valence-electron chi connectivity index (χ2n) is 7.01. The normalized spacial score (nSPS) is 19.4. The minimum Gasteiger partial charge on any atom is -0.339 e. The molecule has 126 valence electrons. The minimum atomic E-state index is 0.331. The van der Waals surface area contributed by atoms with Gasteiger partial charge in [0.2, 0.25) is 11.9 Å². The van der Waals surface area contributed by atoms with Gasteiger partial charge in [0.15, 0.2) is 0 Å². The highest BCUT2D eigenvalue weighted by Crippen LogP contribution is 2.28. The molecule has 23 heavy (non-hydrogen) atoms. The number of rotatable bonds is 4. The van der Waals surface area contributed by atoms with Crippen molar-refractivity contribution in [2.24, 2.45) is 5.92 Å². The number of aryl methyl sites for hydroxylation is 2. The topological polar surface area (TPSA) is 49.3 Å². The summed E-state index contributed by atoms with van der Waals surface area (Å²) in [6, 6.07) is 1.99. The van der Waals surface area contributed by atoms with E-state index in [9.17, 15) is 4.79 Å². The first-order chi connectivity index (χ1) is 11.1. The van der Waals surface area contributed by atoms with E-state index in [0.717, 1.165) is 62.3 Å². The second-order valence-corrected chi connectivity index (χ2v) is 7.01. The van der Waals surface area contributed by atoms with Crippen LogP contribution in [-0.2, 0) is 4.79 Å². The summed E-state index contributed by atoms with van der Waals surface area (Å²) in [4.78, 5) is 25.7. The lowest BCUT2D eigenvalue weighted by molar-refractivity contribution is -0.131. The van der Waals surface area contributed by atoms with Crippen LogP contribution in [0.3, 0.4) is 0 Å². The Kier molecular flexibility index (Phi) is 5.13. The summed E-state index contributed by atoms with van der Waals surface area (Å²) in [7, 11) is 0. The lowest BCUT2D eigenvalue weighted by Crippen LogP contribution is -2.49. The van der Waals surface area contributed by atoms with Crippen LogP contribution >= 0.6 is 0 Å². The van der Waals surface area contributed by atoms with Crippen molar-refractivity contribution in [2.75, 3.05) is 31.1 Å². The molecule has 5 heteroatoms. The van der Waals surface area contributed by atoms with E-state index in [0.29, 0.717) is 5.91 Å². The first-order valence-corrected chi connectivity index (χ1v) is 8.97. The predicted molar refractivity (Wildman–Crippen MR) is 91.5 cm³/mol. The fourth-order valence-electron chi connectivity index (χ4n) is 3.79. The van der Waals surface area contributed by atoms with Gasteiger partial charge in [0.1, 0.15) is 0 Å². The molecule has 0 bridgehead atoms. The van der Waals surface area contributed by atoms with E-state index in [4.69, 9.17) is 0 Å². The largest absolute Gasteiger partial charge is 0.339 e. The third-order valence-electron chi connectivity index (χ3n) is 5.13. The Balaban J connectivity index is 1.48. The van der Waals surface area contributed by atoms with E-state index in [-0.39, 0.29) is 0 Å². The number of carbonyl (C=O) groups is 1. The van der Waals surface area contributed by atoms with Gasteiger partial charge in [-0.3, -0.25) is 4.79 Å². The smallest absolute Gasteiger partial charge is 0.225 e. The van der Waals surface area contributed by atoms with Crippen molar-refractivity contribution in [1.29, 1.82) is 0 Å². The monoisotopic (exact) mass is 316 g/mol. The molecule has 0 unspecified atom stereocenters. The number of piperazine rings is 1. The Labute approximate surface area is 139 Å². The molecule has 1 aliphatic carbocycles. The van der Waals surface area contributed by atoms with Crippen LogP contribution in [0.5, 0.6) is 0 Å². The zero-order chi connectivity index (χ0) is 16.2. The van der Waals surface area contributed by atoms with Crippen LogP contribution in [0, 0.1) is 19.8 Å². The van der Waals surface area contributed by atoms with Gasteiger partial charge in [0.05, 0.1) is 0 Å². The van der Waals surface area contributed by atoms with Crippen LogP contribution in [0.2, 0.25) is 0 Å². The van der Waals surface area contributed by atoms with Gasteiger partial charge in [-0.2, -0.15) is 0 Å². The van der Waals surface area contributed by atoms with Crippen LogP contribution in [0.1, 0.15) is 49.9 Å². The van der Waals surface area contributed by atoms with Crippen LogP contribution in [0.4, 0.5) is 5.95 Å². The van der Waals surface area contributed by atoms with Gasteiger partial charge in [0, 0.05) is 44.0 Å². The molecular formula is C18H28N4O. The quantitative estimate of drug-likeness (QED) is 0.857. The molecule has 0 atom stereocenters. The summed E-state index contributed by atoms with van der Waals surface area (Å²) >= 11 is 0. The number of hydrogen-bond donors (Lipinski definition) is 0. The summed E-state index contributed by atoms with van der Waals surface area (Å²) in [5.41, 5.74) is 2.00. The van der Waals surface area contributed by atoms with Crippen molar-refractivity contribution in [3.8, 4) is 0 Å². The van der Waals surface area contributed by atoms with E-state index in [1.54, 1.807) is 0 Å². The molecular weight excluding hydrogens is 288 g/mol. The van der Waals surface area contributed by atoms with Gasteiger partial charge in [-0.25, -0.2) is 9.97 Å². The standard InChI is InChI=1S/C18H28N4O/c1-14-13-15(2)20-18(19-14)22-11-9-21(10-12-22)17(23)8-7-16-5-3-4-6-16/h13,16H,3-12H2,1-2H3. The number of nitrogens with zero attached hydrogens (tertiary/aromatic N) is 4. The highest BCUT2D eigenvalue weighted by molar-refractivity contribution is 5.76. The van der Waals surface area contributed by atoms with Crippen molar-refractivity contribution in [2.45, 2.75) is 52.4 Å². The van der Waals surface area contributed by atoms with Gasteiger partial charge < -0.3 is 9.80 Å². The van der Waals surface area contributed by atoms with E-state index >= 15 is 0 Å². The number of anilines is 1. The third kappa shape index (κ3) is 4.21. The molecule has 1 aromatic heterocycles. The van der Waals surface area contributed by atoms with Gasteiger partial charge in [-0.1, -0.05) is 25.7 Å². The molecule has 0 N–H and O–H groups in total. The lowest BCUT2D eigenvalue weighted by atomic mass is 10.0. The predicted octanol–water partition coefficient (Wildman–Crippen LogP) is 2.71. The van der Waals surface area contributed by atoms with E-state index in [1.807, 2.05) is 24.8 Å². The van der Waals surface area contributed by atoms with Gasteiger partial charge in [0.25, 0.3) is 0 Å². The maximum Gasteiger partial charge on any atom is 0.225 e. The molecule has 2 aliphatic rings. The average molecular weight is 316 g/mol. The molecule has 0 radical (unpaired) electrons. The third-order valence-corrected chi connectivity index (χ3v) is 5.13. The molecule has 1 aromatic rings. The molecule has 2 fully saturated rings. The van der Waals surface area contributed by atoms with Gasteiger partial charge in [-0.05, 0) is 32.3 Å². The lowest BCUT2D eigenvalue weighted by Gasteiger charge is -2.35. The summed E-state index contributed by atoms with van der Waals surface area (Å²) in [5, 5.41) is 0. The zero-order valence-corrected chi connectivity index (χ0v) is 14.4. The van der Waals surface area contributed by atoms with Crippen LogP contribution in [-0.4, -0.2) is 47.0 Å². The Hall–Kier alpha value is -1.65. The van der Waals surface area contributed by atoms with Crippen LogP contribution in [0.15, 0.2) is 6.07 Å². The Bertz CT molecular complexity index is 526. The van der Waals surface area contributed by atoms with Crippen molar-refractivity contribution >= 4 is 11.9 Å². The highest BCUT2D eigenvalue weighted by Gasteiger charge is 2.24. The molecule has 0 aromatic carbocycles. The average Bonchev–Trinajstić information content (AvgIpc) is 3.05. The number of amides is 1. The molecule has 1 amide bonds. The molecule has 2 heterocycles. The zero-order valence-electron chi connectivity index (χ0n) is 14.4. The summed E-state index contributed by atoms with van der Waals surface area (Å²) in [6.45, 7) is 7.25. The van der Waals surface area contributed by atoms with Crippen LogP contribution in [0.25, 0.3) is 0 Å². The van der Waals surface area contributed by atoms with Gasteiger partial charge in [-0.15, -0.1) is 0 Å². The highest BCUT2D eigenvalue weighted by atomic mass is 16.2. The van der Waals surface area contributed by atoms with Crippen LogP contribution < -0.4 is 4.90 Å². The SMILES string of the molecule is Cc1cc(C)nc(N2CCN(C(=O)CCC3CCCC3)CC2)n1. The molecule has 1 aliphatic heterocycles. The molecule has 1 saturated carbocycles. The van der Waals surface area contributed by atoms with Crippen molar-refractivity contribution < 1.29 is 4.79 Å². The fourth-order valence-corrected chi connectivity index (χ4v) is 3.79. The van der Waals surface area contributed by atoms with Crippen molar-refractivity contribution in [3.05, 3.63) is 17.5 Å². The van der Waals surface area contributed by atoms with E-state index in [1.165, 1.54) is 25.7 Å². The molecule has 3 rings (SSSR count). The van der Waals surface area contributed by atoms with Crippen molar-refractivity contribution in [3.63, 3.8) is 0 Å². The summed E-state index contributed by atoms with van der Waals surface area (Å²) in [6.07, 6.45) is 7.17. The number of hydrogen-bond acceptors (Lipinski definition) is 4.